The number of rotatable bonds is 4. The van der Waals surface area contributed by atoms with Crippen LogP contribution >= 0.6 is 34.8 Å². The van der Waals surface area contributed by atoms with Crippen LogP contribution in [-0.4, -0.2) is 27.7 Å². The van der Waals surface area contributed by atoms with Gasteiger partial charge in [-0.1, -0.05) is 64.7 Å². The van der Waals surface area contributed by atoms with Crippen LogP contribution in [0, 0.1) is 11.8 Å². The van der Waals surface area contributed by atoms with Crippen LogP contribution in [0.3, 0.4) is 0 Å². The predicted octanol–water partition coefficient (Wildman–Crippen LogP) is 5.55. The number of hydrogen-bond acceptors (Lipinski definition) is 3. The van der Waals surface area contributed by atoms with Crippen molar-refractivity contribution in [3.8, 4) is 0 Å². The van der Waals surface area contributed by atoms with Crippen molar-refractivity contribution >= 4 is 52.5 Å². The van der Waals surface area contributed by atoms with Crippen molar-refractivity contribution in [2.75, 3.05) is 0 Å². The predicted molar refractivity (Wildman–Crippen MR) is 120 cm³/mol. The summed E-state index contributed by atoms with van der Waals surface area (Å²) in [6.45, 7) is 1.86. The van der Waals surface area contributed by atoms with E-state index in [0.717, 1.165) is 15.6 Å². The molecule has 8 heteroatoms. The standard InChI is InChI=1S/C23H19Cl3N2O3/c1-13-6-9-16-18(10-13)23(31)28(22(16)30)27(12-14-7-8-15(24)11-20(14)26)21(29)17-4-2-3-5-19(17)25/h2-8,11,16,18H,9-10,12H2,1H3/t16-,18-/m1/s1. The molecule has 1 aliphatic heterocycles. The number of halogens is 3. The minimum atomic E-state index is -0.554. The van der Waals surface area contributed by atoms with E-state index in [-0.39, 0.29) is 28.9 Å². The zero-order valence-electron chi connectivity index (χ0n) is 16.6. The molecule has 2 aromatic rings. The van der Waals surface area contributed by atoms with E-state index >= 15 is 0 Å². The lowest BCUT2D eigenvalue weighted by molar-refractivity contribution is -0.155. The van der Waals surface area contributed by atoms with Crippen LogP contribution in [0.25, 0.3) is 0 Å². The number of nitrogens with zero attached hydrogens (tertiary/aromatic N) is 2. The van der Waals surface area contributed by atoms with Gasteiger partial charge in [0.1, 0.15) is 0 Å². The molecule has 2 aliphatic rings. The second-order valence-corrected chi connectivity index (χ2v) is 9.02. The minimum Gasteiger partial charge on any atom is -0.272 e. The van der Waals surface area contributed by atoms with Gasteiger partial charge < -0.3 is 0 Å². The molecule has 5 nitrogen and oxygen atoms in total. The maximum atomic E-state index is 13.5. The average Bonchev–Trinajstić information content (AvgIpc) is 2.97. The van der Waals surface area contributed by atoms with Gasteiger partial charge in [-0.25, -0.2) is 5.01 Å². The van der Waals surface area contributed by atoms with Crippen LogP contribution in [-0.2, 0) is 16.1 Å². The van der Waals surface area contributed by atoms with E-state index in [4.69, 9.17) is 34.8 Å². The third-order valence-electron chi connectivity index (χ3n) is 5.72. The fourth-order valence-corrected chi connectivity index (χ4v) is 4.76. The smallest absolute Gasteiger partial charge is 0.272 e. The van der Waals surface area contributed by atoms with Crippen LogP contribution in [0.4, 0.5) is 0 Å². The summed E-state index contributed by atoms with van der Waals surface area (Å²) in [4.78, 5) is 40.0. The van der Waals surface area contributed by atoms with E-state index in [1.54, 1.807) is 42.5 Å². The van der Waals surface area contributed by atoms with Crippen LogP contribution in [0.5, 0.6) is 0 Å². The Morgan fingerprint density at radius 2 is 1.74 bits per heavy atom. The largest absolute Gasteiger partial charge is 0.274 e. The van der Waals surface area contributed by atoms with Crippen molar-refractivity contribution in [2.24, 2.45) is 11.8 Å². The minimum absolute atomic E-state index is 0.0800. The molecule has 1 fully saturated rings. The van der Waals surface area contributed by atoms with Crippen LogP contribution in [0.15, 0.2) is 54.1 Å². The summed E-state index contributed by atoms with van der Waals surface area (Å²) in [7, 11) is 0. The highest BCUT2D eigenvalue weighted by atomic mass is 35.5. The molecule has 0 unspecified atom stereocenters. The Balaban J connectivity index is 1.75. The van der Waals surface area contributed by atoms with E-state index in [0.29, 0.717) is 28.5 Å². The van der Waals surface area contributed by atoms with Crippen LogP contribution in [0.2, 0.25) is 15.1 Å². The molecule has 0 radical (unpaired) electrons. The molecule has 2 aromatic carbocycles. The fraction of sp³-hybridized carbons (Fsp3) is 0.261. The zero-order chi connectivity index (χ0) is 22.3. The molecule has 0 spiro atoms. The van der Waals surface area contributed by atoms with Gasteiger partial charge in [0.05, 0.1) is 29.0 Å². The molecular weight excluding hydrogens is 459 g/mol. The Morgan fingerprint density at radius 1 is 1.03 bits per heavy atom. The lowest BCUT2D eigenvalue weighted by Gasteiger charge is -2.31. The number of imide groups is 1. The topological polar surface area (TPSA) is 57.7 Å². The Kier molecular flexibility index (Phi) is 6.11. The van der Waals surface area contributed by atoms with E-state index < -0.39 is 17.7 Å². The van der Waals surface area contributed by atoms with E-state index in [1.165, 1.54) is 0 Å². The number of fused-ring (bicyclic) bond motifs is 1. The molecule has 1 aliphatic carbocycles. The summed E-state index contributed by atoms with van der Waals surface area (Å²) < 4.78 is 0. The number of hydrogen-bond donors (Lipinski definition) is 0. The van der Waals surface area contributed by atoms with Gasteiger partial charge in [-0.05, 0) is 49.6 Å². The summed E-state index contributed by atoms with van der Waals surface area (Å²) in [5.41, 5.74) is 1.81. The number of carbonyl (C=O) groups is 3. The summed E-state index contributed by atoms with van der Waals surface area (Å²) in [5.74, 6) is -2.27. The van der Waals surface area contributed by atoms with Crippen molar-refractivity contribution in [1.29, 1.82) is 0 Å². The monoisotopic (exact) mass is 476 g/mol. The summed E-state index contributed by atoms with van der Waals surface area (Å²) >= 11 is 18.6. The van der Waals surface area contributed by atoms with Crippen molar-refractivity contribution in [2.45, 2.75) is 26.3 Å². The molecule has 1 heterocycles. The lowest BCUT2D eigenvalue weighted by atomic mass is 9.82. The summed E-state index contributed by atoms with van der Waals surface area (Å²) in [6.07, 6.45) is 2.96. The van der Waals surface area contributed by atoms with E-state index in [2.05, 4.69) is 0 Å². The number of allylic oxidation sites excluding steroid dienone is 2. The number of amides is 3. The molecule has 3 amide bonds. The maximum absolute atomic E-state index is 13.5. The first-order valence-corrected chi connectivity index (χ1v) is 10.9. The summed E-state index contributed by atoms with van der Waals surface area (Å²) in [5, 5.41) is 3.14. The van der Waals surface area contributed by atoms with E-state index in [1.807, 2.05) is 13.0 Å². The zero-order valence-corrected chi connectivity index (χ0v) is 18.9. The quantitative estimate of drug-likeness (QED) is 0.429. The van der Waals surface area contributed by atoms with Crippen molar-refractivity contribution in [3.63, 3.8) is 0 Å². The fourth-order valence-electron chi connectivity index (χ4n) is 4.08. The van der Waals surface area contributed by atoms with E-state index in [9.17, 15) is 14.4 Å². The number of carbonyl (C=O) groups excluding carboxylic acids is 3. The van der Waals surface area contributed by atoms with Gasteiger partial charge in [0.2, 0.25) is 0 Å². The average molecular weight is 478 g/mol. The molecule has 2 atom stereocenters. The Bertz CT molecular complexity index is 1110. The molecule has 0 aromatic heterocycles. The first kappa shape index (κ1) is 21.9. The number of benzene rings is 2. The molecule has 160 valence electrons. The van der Waals surface area contributed by atoms with Crippen LogP contribution < -0.4 is 0 Å². The van der Waals surface area contributed by atoms with Gasteiger partial charge >= 0.3 is 0 Å². The van der Waals surface area contributed by atoms with Gasteiger partial charge in [0.15, 0.2) is 0 Å². The molecule has 0 saturated carbocycles. The summed E-state index contributed by atoms with van der Waals surface area (Å²) in [6, 6.07) is 11.4. The molecule has 0 N–H and O–H groups in total. The first-order valence-electron chi connectivity index (χ1n) is 9.81. The highest BCUT2D eigenvalue weighted by Gasteiger charge is 2.51. The second-order valence-electron chi connectivity index (χ2n) is 7.77. The van der Waals surface area contributed by atoms with Crippen molar-refractivity contribution < 1.29 is 14.4 Å². The molecule has 31 heavy (non-hydrogen) atoms. The SMILES string of the molecule is CC1=CC[C@H]2C(=O)N(N(Cc3ccc(Cl)cc3Cl)C(=O)c3ccccc3Cl)C(=O)[C@@H]2C1. The lowest BCUT2D eigenvalue weighted by Crippen LogP contribution is -2.50. The van der Waals surface area contributed by atoms with Gasteiger partial charge in [-0.2, -0.15) is 5.01 Å². The van der Waals surface area contributed by atoms with Crippen LogP contribution in [0.1, 0.15) is 35.7 Å². The van der Waals surface area contributed by atoms with Crippen molar-refractivity contribution in [3.05, 3.63) is 80.3 Å². The highest BCUT2D eigenvalue weighted by molar-refractivity contribution is 6.35. The van der Waals surface area contributed by atoms with Gasteiger partial charge in [0, 0.05) is 10.0 Å². The Labute approximate surface area is 195 Å². The first-order chi connectivity index (χ1) is 14.8. The van der Waals surface area contributed by atoms with Gasteiger partial charge in [0.25, 0.3) is 17.7 Å². The molecule has 4 rings (SSSR count). The normalized spacial score (nSPS) is 20.5. The third kappa shape index (κ3) is 4.10. The second kappa shape index (κ2) is 8.65. The van der Waals surface area contributed by atoms with Crippen molar-refractivity contribution in [1.82, 2.24) is 10.0 Å². The van der Waals surface area contributed by atoms with Gasteiger partial charge in [-0.3, -0.25) is 14.4 Å². The third-order valence-corrected chi connectivity index (χ3v) is 6.63. The Hall–Kier alpha value is -2.34. The number of hydrazine groups is 1. The molecular formula is C23H19Cl3N2O3. The highest BCUT2D eigenvalue weighted by Crippen LogP contribution is 2.39. The Morgan fingerprint density at radius 3 is 2.45 bits per heavy atom. The molecule has 1 saturated heterocycles. The van der Waals surface area contributed by atoms with Gasteiger partial charge in [-0.15, -0.1) is 0 Å². The maximum Gasteiger partial charge on any atom is 0.274 e. The molecule has 0 bridgehead atoms.